The zero-order valence-corrected chi connectivity index (χ0v) is 11.0. The summed E-state index contributed by atoms with van der Waals surface area (Å²) in [6, 6.07) is 0.694. The van der Waals surface area contributed by atoms with Gasteiger partial charge in [-0.15, -0.1) is 0 Å². The zero-order valence-electron chi connectivity index (χ0n) is 11.0. The summed E-state index contributed by atoms with van der Waals surface area (Å²) in [7, 11) is 0. The maximum Gasteiger partial charge on any atom is 0.0478 e. The van der Waals surface area contributed by atoms with E-state index in [0.717, 1.165) is 19.6 Å². The van der Waals surface area contributed by atoms with E-state index in [0.29, 0.717) is 6.04 Å². The first-order valence-electron chi connectivity index (χ1n) is 6.90. The molecule has 0 amide bonds. The minimum atomic E-state index is 0.694. The van der Waals surface area contributed by atoms with Crippen LogP contribution in [-0.4, -0.2) is 50.3 Å². The fourth-order valence-corrected chi connectivity index (χ4v) is 2.19. The Bertz CT molecular complexity index is 164. The van der Waals surface area contributed by atoms with Gasteiger partial charge in [-0.25, -0.2) is 0 Å². The highest BCUT2D eigenvalue weighted by Gasteiger charge is 2.15. The molecule has 16 heavy (non-hydrogen) atoms. The first-order valence-corrected chi connectivity index (χ1v) is 6.90. The molecular weight excluding hydrogens is 200 g/mol. The molecule has 1 heterocycles. The SMILES string of the molecule is CCCOCCCN1CCCNC(CC)C1. The van der Waals surface area contributed by atoms with E-state index >= 15 is 0 Å². The monoisotopic (exact) mass is 228 g/mol. The summed E-state index contributed by atoms with van der Waals surface area (Å²) < 4.78 is 5.52. The van der Waals surface area contributed by atoms with Gasteiger partial charge in [-0.2, -0.15) is 0 Å². The Morgan fingerprint density at radius 2 is 2.19 bits per heavy atom. The lowest BCUT2D eigenvalue weighted by Crippen LogP contribution is -2.37. The second-order valence-corrected chi connectivity index (χ2v) is 4.68. The Hall–Kier alpha value is -0.120. The van der Waals surface area contributed by atoms with Crippen molar-refractivity contribution in [1.29, 1.82) is 0 Å². The molecule has 1 fully saturated rings. The number of hydrogen-bond acceptors (Lipinski definition) is 3. The van der Waals surface area contributed by atoms with E-state index in [-0.39, 0.29) is 0 Å². The van der Waals surface area contributed by atoms with Crippen molar-refractivity contribution in [3.63, 3.8) is 0 Å². The van der Waals surface area contributed by atoms with E-state index in [2.05, 4.69) is 24.1 Å². The Kier molecular flexibility index (Phi) is 7.81. The van der Waals surface area contributed by atoms with E-state index in [9.17, 15) is 0 Å². The normalized spacial score (nSPS) is 23.2. The van der Waals surface area contributed by atoms with Gasteiger partial charge in [0.1, 0.15) is 0 Å². The maximum absolute atomic E-state index is 5.52. The second kappa shape index (κ2) is 8.97. The van der Waals surface area contributed by atoms with Gasteiger partial charge in [0.2, 0.25) is 0 Å². The Balaban J connectivity index is 2.09. The van der Waals surface area contributed by atoms with Crippen LogP contribution >= 0.6 is 0 Å². The summed E-state index contributed by atoms with van der Waals surface area (Å²) in [6.45, 7) is 11.1. The predicted molar refractivity (Wildman–Crippen MR) is 68.9 cm³/mol. The van der Waals surface area contributed by atoms with E-state index < -0.39 is 0 Å². The van der Waals surface area contributed by atoms with Crippen LogP contribution in [0.15, 0.2) is 0 Å². The molecule has 1 aliphatic heterocycles. The standard InChI is InChI=1S/C13H28N2O/c1-3-10-16-11-6-9-15-8-5-7-14-13(4-2)12-15/h13-14H,3-12H2,1-2H3. The number of ether oxygens (including phenoxy) is 1. The van der Waals surface area contributed by atoms with Crippen molar-refractivity contribution in [3.8, 4) is 0 Å². The first-order chi connectivity index (χ1) is 7.86. The van der Waals surface area contributed by atoms with Gasteiger partial charge < -0.3 is 15.0 Å². The van der Waals surface area contributed by atoms with Crippen LogP contribution in [0.3, 0.4) is 0 Å². The quantitative estimate of drug-likeness (QED) is 0.673. The van der Waals surface area contributed by atoms with Crippen molar-refractivity contribution in [1.82, 2.24) is 10.2 Å². The molecule has 1 aliphatic rings. The van der Waals surface area contributed by atoms with Gasteiger partial charge in [-0.1, -0.05) is 13.8 Å². The van der Waals surface area contributed by atoms with Crippen LogP contribution in [0.1, 0.15) is 39.5 Å². The highest BCUT2D eigenvalue weighted by atomic mass is 16.5. The van der Waals surface area contributed by atoms with Crippen LogP contribution in [-0.2, 0) is 4.74 Å². The summed E-state index contributed by atoms with van der Waals surface area (Å²) in [4.78, 5) is 2.59. The Labute approximate surface area is 101 Å². The lowest BCUT2D eigenvalue weighted by atomic mass is 10.2. The molecule has 0 bridgehead atoms. The number of nitrogens with zero attached hydrogens (tertiary/aromatic N) is 1. The van der Waals surface area contributed by atoms with Crippen molar-refractivity contribution >= 4 is 0 Å². The molecule has 1 atom stereocenters. The molecule has 0 spiro atoms. The summed E-state index contributed by atoms with van der Waals surface area (Å²) in [5.74, 6) is 0. The average Bonchev–Trinajstić information content (AvgIpc) is 2.54. The lowest BCUT2D eigenvalue weighted by molar-refractivity contribution is 0.120. The van der Waals surface area contributed by atoms with Crippen LogP contribution in [0, 0.1) is 0 Å². The van der Waals surface area contributed by atoms with E-state index in [1.807, 2.05) is 0 Å². The topological polar surface area (TPSA) is 24.5 Å². The summed E-state index contributed by atoms with van der Waals surface area (Å²) in [5, 5.41) is 3.60. The van der Waals surface area contributed by atoms with Crippen LogP contribution < -0.4 is 5.32 Å². The Morgan fingerprint density at radius 3 is 2.94 bits per heavy atom. The highest BCUT2D eigenvalue weighted by molar-refractivity contribution is 4.75. The summed E-state index contributed by atoms with van der Waals surface area (Å²) in [6.07, 6.45) is 4.83. The van der Waals surface area contributed by atoms with Crippen LogP contribution in [0.2, 0.25) is 0 Å². The Morgan fingerprint density at radius 1 is 1.31 bits per heavy atom. The second-order valence-electron chi connectivity index (χ2n) is 4.68. The molecule has 1 rings (SSSR count). The van der Waals surface area contributed by atoms with Gasteiger partial charge >= 0.3 is 0 Å². The van der Waals surface area contributed by atoms with Crippen molar-refractivity contribution < 1.29 is 4.74 Å². The van der Waals surface area contributed by atoms with E-state index in [1.54, 1.807) is 0 Å². The van der Waals surface area contributed by atoms with Crippen molar-refractivity contribution in [3.05, 3.63) is 0 Å². The molecule has 0 aromatic heterocycles. The first kappa shape index (κ1) is 13.9. The number of nitrogens with one attached hydrogen (secondary N) is 1. The highest BCUT2D eigenvalue weighted by Crippen LogP contribution is 2.04. The third-order valence-electron chi connectivity index (χ3n) is 3.17. The van der Waals surface area contributed by atoms with Crippen molar-refractivity contribution in [2.45, 2.75) is 45.6 Å². The molecular formula is C13H28N2O. The molecule has 96 valence electrons. The molecule has 0 aromatic rings. The van der Waals surface area contributed by atoms with Crippen LogP contribution in [0.25, 0.3) is 0 Å². The smallest absolute Gasteiger partial charge is 0.0478 e. The fourth-order valence-electron chi connectivity index (χ4n) is 2.19. The van der Waals surface area contributed by atoms with Gasteiger partial charge in [0, 0.05) is 32.3 Å². The molecule has 3 heteroatoms. The lowest BCUT2D eigenvalue weighted by Gasteiger charge is -2.23. The number of rotatable bonds is 7. The summed E-state index contributed by atoms with van der Waals surface area (Å²) in [5.41, 5.74) is 0. The third kappa shape index (κ3) is 5.83. The molecule has 1 unspecified atom stereocenters. The zero-order chi connectivity index (χ0) is 11.6. The van der Waals surface area contributed by atoms with Crippen molar-refractivity contribution in [2.75, 3.05) is 39.4 Å². The largest absolute Gasteiger partial charge is 0.381 e. The fraction of sp³-hybridized carbons (Fsp3) is 1.00. The van der Waals surface area contributed by atoms with Gasteiger partial charge in [0.15, 0.2) is 0 Å². The van der Waals surface area contributed by atoms with E-state index in [4.69, 9.17) is 4.74 Å². The summed E-state index contributed by atoms with van der Waals surface area (Å²) >= 11 is 0. The minimum Gasteiger partial charge on any atom is -0.381 e. The van der Waals surface area contributed by atoms with Gasteiger partial charge in [-0.05, 0) is 38.8 Å². The third-order valence-corrected chi connectivity index (χ3v) is 3.17. The molecule has 1 N–H and O–H groups in total. The van der Waals surface area contributed by atoms with Gasteiger partial charge in [0.25, 0.3) is 0 Å². The molecule has 0 saturated carbocycles. The molecule has 1 saturated heterocycles. The average molecular weight is 228 g/mol. The number of hydrogen-bond donors (Lipinski definition) is 1. The van der Waals surface area contributed by atoms with Crippen molar-refractivity contribution in [2.24, 2.45) is 0 Å². The molecule has 0 aliphatic carbocycles. The maximum atomic E-state index is 5.52. The molecule has 3 nitrogen and oxygen atoms in total. The minimum absolute atomic E-state index is 0.694. The van der Waals surface area contributed by atoms with Gasteiger partial charge in [-0.3, -0.25) is 0 Å². The molecule has 0 radical (unpaired) electrons. The van der Waals surface area contributed by atoms with Crippen LogP contribution in [0.4, 0.5) is 0 Å². The predicted octanol–water partition coefficient (Wildman–Crippen LogP) is 1.88. The van der Waals surface area contributed by atoms with E-state index in [1.165, 1.54) is 45.4 Å². The van der Waals surface area contributed by atoms with Crippen LogP contribution in [0.5, 0.6) is 0 Å². The molecule has 0 aromatic carbocycles. The van der Waals surface area contributed by atoms with Gasteiger partial charge in [0.05, 0.1) is 0 Å².